The van der Waals surface area contributed by atoms with Crippen molar-refractivity contribution in [3.05, 3.63) is 58.9 Å². The van der Waals surface area contributed by atoms with E-state index in [4.69, 9.17) is 20.0 Å². The Bertz CT molecular complexity index is 1360. The molecule has 35 heavy (non-hydrogen) atoms. The number of rotatable bonds is 9. The predicted molar refractivity (Wildman–Crippen MR) is 128 cm³/mol. The fourth-order valence-electron chi connectivity index (χ4n) is 4.78. The van der Waals surface area contributed by atoms with Crippen LogP contribution in [0, 0.1) is 11.2 Å². The molecule has 2 aromatic rings. The van der Waals surface area contributed by atoms with E-state index in [2.05, 4.69) is 5.32 Å². The number of hydrogen-bond donors (Lipinski definition) is 1. The third-order valence-corrected chi connectivity index (χ3v) is 7.93. The van der Waals surface area contributed by atoms with Crippen molar-refractivity contribution < 1.29 is 34.4 Å². The minimum Gasteiger partial charge on any atom is -0.349 e. The quantitative estimate of drug-likeness (QED) is 0.481. The zero-order valence-electron chi connectivity index (χ0n) is 19.1. The van der Waals surface area contributed by atoms with E-state index >= 15 is 0 Å². The van der Waals surface area contributed by atoms with Gasteiger partial charge < -0.3 is 5.32 Å². The summed E-state index contributed by atoms with van der Waals surface area (Å²) in [6.45, 7) is -0.688. The molecular formula is C23H25ClFNO7S2. The van der Waals surface area contributed by atoms with E-state index in [9.17, 15) is 26.0 Å². The maximum Gasteiger partial charge on any atom is 0.264 e. The molecule has 0 bridgehead atoms. The Kier molecular flexibility index (Phi) is 6.78. The third-order valence-electron chi connectivity index (χ3n) is 6.55. The maximum absolute atomic E-state index is 14.2. The molecule has 190 valence electrons. The largest absolute Gasteiger partial charge is 0.349 e. The lowest BCUT2D eigenvalue weighted by Crippen LogP contribution is -2.38. The van der Waals surface area contributed by atoms with Crippen molar-refractivity contribution >= 4 is 37.7 Å². The van der Waals surface area contributed by atoms with E-state index in [-0.39, 0.29) is 31.2 Å². The first-order chi connectivity index (χ1) is 16.2. The number of amides is 1. The van der Waals surface area contributed by atoms with Crippen LogP contribution in [-0.4, -0.2) is 54.0 Å². The third kappa shape index (κ3) is 5.86. The van der Waals surface area contributed by atoms with Gasteiger partial charge in [-0.2, -0.15) is 16.8 Å². The van der Waals surface area contributed by atoms with E-state index in [1.807, 2.05) is 12.1 Å². The highest BCUT2D eigenvalue weighted by Crippen LogP contribution is 2.61. The van der Waals surface area contributed by atoms with Gasteiger partial charge in [-0.25, -0.2) is 4.39 Å². The lowest BCUT2D eigenvalue weighted by atomic mass is 9.81. The van der Waals surface area contributed by atoms with Gasteiger partial charge in [0.2, 0.25) is 5.91 Å². The van der Waals surface area contributed by atoms with Gasteiger partial charge in [-0.1, -0.05) is 35.9 Å². The Labute approximate surface area is 209 Å². The Morgan fingerprint density at radius 2 is 1.71 bits per heavy atom. The van der Waals surface area contributed by atoms with E-state index in [0.29, 0.717) is 22.6 Å². The summed E-state index contributed by atoms with van der Waals surface area (Å²) in [6.07, 6.45) is 2.65. The van der Waals surface area contributed by atoms with Crippen molar-refractivity contribution in [3.8, 4) is 11.1 Å². The number of carbonyl (C=O) groups is 1. The van der Waals surface area contributed by atoms with Crippen molar-refractivity contribution in [2.75, 3.05) is 25.7 Å². The summed E-state index contributed by atoms with van der Waals surface area (Å²) in [6, 6.07) is 11.6. The van der Waals surface area contributed by atoms with Crippen LogP contribution in [0.3, 0.4) is 0 Å². The number of hydrogen-bond acceptors (Lipinski definition) is 7. The number of carbonyl (C=O) groups excluding carboxylic acids is 1. The molecule has 0 aromatic heterocycles. The molecule has 1 saturated carbocycles. The topological polar surface area (TPSA) is 116 Å². The molecule has 0 radical (unpaired) electrons. The van der Waals surface area contributed by atoms with Crippen molar-refractivity contribution in [3.63, 3.8) is 0 Å². The molecule has 1 aliphatic heterocycles. The SMILES string of the molecule is CS(=O)(=O)OCCC1(COS(C)(=O)=O)CC2(CC2c2ccc(-c3cc(Cl)ccc3F)cc2)NC1=O. The Morgan fingerprint density at radius 3 is 2.34 bits per heavy atom. The average Bonchev–Trinajstić information content (AvgIpc) is 3.36. The number of halogens is 2. The minimum atomic E-state index is -3.83. The highest BCUT2D eigenvalue weighted by Gasteiger charge is 2.66. The van der Waals surface area contributed by atoms with E-state index < -0.39 is 43.7 Å². The maximum atomic E-state index is 14.2. The van der Waals surface area contributed by atoms with Crippen LogP contribution in [0.15, 0.2) is 42.5 Å². The van der Waals surface area contributed by atoms with Gasteiger partial charge in [-0.3, -0.25) is 13.2 Å². The van der Waals surface area contributed by atoms with Crippen LogP contribution in [0.4, 0.5) is 4.39 Å². The van der Waals surface area contributed by atoms with Gasteiger partial charge >= 0.3 is 0 Å². The van der Waals surface area contributed by atoms with E-state index in [1.54, 1.807) is 18.2 Å². The average molecular weight is 546 g/mol. The van der Waals surface area contributed by atoms with Gasteiger partial charge in [0, 0.05) is 22.0 Å². The Morgan fingerprint density at radius 1 is 1.06 bits per heavy atom. The van der Waals surface area contributed by atoms with Crippen molar-refractivity contribution in [2.45, 2.75) is 30.7 Å². The fraction of sp³-hybridized carbons (Fsp3) is 0.435. The molecule has 3 atom stereocenters. The van der Waals surface area contributed by atoms with Gasteiger partial charge in [0.25, 0.3) is 20.2 Å². The highest BCUT2D eigenvalue weighted by molar-refractivity contribution is 7.86. The van der Waals surface area contributed by atoms with E-state index in [1.165, 1.54) is 12.1 Å². The van der Waals surface area contributed by atoms with Crippen LogP contribution in [0.2, 0.25) is 5.02 Å². The molecule has 1 heterocycles. The summed E-state index contributed by atoms with van der Waals surface area (Å²) in [4.78, 5) is 13.1. The van der Waals surface area contributed by atoms with Crippen LogP contribution < -0.4 is 5.32 Å². The van der Waals surface area contributed by atoms with Crippen molar-refractivity contribution in [1.29, 1.82) is 0 Å². The normalized spacial score (nSPS) is 26.2. The second-order valence-electron chi connectivity index (χ2n) is 9.31. The Hall–Kier alpha value is -2.05. The molecule has 12 heteroatoms. The zero-order valence-corrected chi connectivity index (χ0v) is 21.5. The summed E-state index contributed by atoms with van der Waals surface area (Å²) in [5, 5.41) is 3.42. The van der Waals surface area contributed by atoms with Crippen LogP contribution in [0.1, 0.15) is 30.7 Å². The molecule has 1 amide bonds. The smallest absolute Gasteiger partial charge is 0.264 e. The van der Waals surface area contributed by atoms with Crippen molar-refractivity contribution in [1.82, 2.24) is 5.32 Å². The second-order valence-corrected chi connectivity index (χ2v) is 13.0. The highest BCUT2D eigenvalue weighted by atomic mass is 35.5. The molecule has 2 aromatic carbocycles. The van der Waals surface area contributed by atoms with Crippen LogP contribution in [-0.2, 0) is 33.4 Å². The van der Waals surface area contributed by atoms with Crippen LogP contribution in [0.25, 0.3) is 11.1 Å². The molecule has 4 rings (SSSR count). The minimum absolute atomic E-state index is 0.0249. The first-order valence-corrected chi connectivity index (χ1v) is 14.8. The lowest BCUT2D eigenvalue weighted by molar-refractivity contribution is -0.129. The number of nitrogens with one attached hydrogen (secondary N) is 1. The first kappa shape index (κ1) is 26.0. The van der Waals surface area contributed by atoms with Crippen LogP contribution in [0.5, 0.6) is 0 Å². The molecule has 8 nitrogen and oxygen atoms in total. The lowest BCUT2D eigenvalue weighted by Gasteiger charge is -2.25. The van der Waals surface area contributed by atoms with E-state index in [0.717, 1.165) is 18.1 Å². The fourth-order valence-corrected chi connectivity index (χ4v) is 5.77. The molecule has 2 aliphatic rings. The van der Waals surface area contributed by atoms with Gasteiger partial charge in [-0.15, -0.1) is 0 Å². The first-order valence-electron chi connectivity index (χ1n) is 10.8. The second kappa shape index (κ2) is 9.11. The monoisotopic (exact) mass is 545 g/mol. The van der Waals surface area contributed by atoms with Crippen molar-refractivity contribution in [2.24, 2.45) is 5.41 Å². The molecule has 1 spiro atoms. The molecule has 1 N–H and O–H groups in total. The van der Waals surface area contributed by atoms with Gasteiger partial charge in [0.05, 0.1) is 31.1 Å². The van der Waals surface area contributed by atoms with Gasteiger partial charge in [0.15, 0.2) is 0 Å². The van der Waals surface area contributed by atoms with Crippen LogP contribution >= 0.6 is 11.6 Å². The standard InChI is InChI=1S/C23H25ClFNO7S2/c1-34(28,29)32-10-9-22(14-33-35(2,30)31)13-23(26-21(22)27)12-19(23)16-5-3-15(4-6-16)18-11-17(24)7-8-20(18)25/h3-8,11,19H,9-10,12-14H2,1-2H3,(H,26,27). The summed E-state index contributed by atoms with van der Waals surface area (Å²) in [5.41, 5.74) is 0.112. The summed E-state index contributed by atoms with van der Waals surface area (Å²) >= 11 is 6.00. The molecule has 2 fully saturated rings. The summed E-state index contributed by atoms with van der Waals surface area (Å²) in [5.74, 6) is -0.834. The molecule has 1 saturated heterocycles. The molecule has 3 unspecified atom stereocenters. The van der Waals surface area contributed by atoms with Gasteiger partial charge in [0.1, 0.15) is 5.82 Å². The predicted octanol–water partition coefficient (Wildman–Crippen LogP) is 3.22. The zero-order chi connectivity index (χ0) is 25.6. The number of benzene rings is 2. The summed E-state index contributed by atoms with van der Waals surface area (Å²) in [7, 11) is -7.55. The summed E-state index contributed by atoms with van der Waals surface area (Å²) < 4.78 is 70.0. The van der Waals surface area contributed by atoms with Gasteiger partial charge in [-0.05, 0) is 48.6 Å². The molecular weight excluding hydrogens is 521 g/mol. The molecule has 1 aliphatic carbocycles. The Balaban J connectivity index is 1.53.